The Morgan fingerprint density at radius 3 is 2.22 bits per heavy atom. The molecule has 2 aliphatic heterocycles. The molecule has 0 saturated carbocycles. The molecule has 0 radical (unpaired) electrons. The van der Waals surface area contributed by atoms with Crippen molar-refractivity contribution in [2.75, 3.05) is 38.6 Å². The lowest BCUT2D eigenvalue weighted by Crippen LogP contribution is -2.49. The van der Waals surface area contributed by atoms with E-state index in [9.17, 15) is 0 Å². The lowest BCUT2D eigenvalue weighted by Gasteiger charge is -2.41. The van der Waals surface area contributed by atoms with Gasteiger partial charge in [-0.3, -0.25) is 0 Å². The summed E-state index contributed by atoms with van der Waals surface area (Å²) in [5.41, 5.74) is 2.76. The molecule has 2 heterocycles. The summed E-state index contributed by atoms with van der Waals surface area (Å²) in [6.45, 7) is 3.74. The summed E-state index contributed by atoms with van der Waals surface area (Å²) < 4.78 is 1.16. The maximum Gasteiger partial charge on any atom is 0.0828 e. The maximum absolute atomic E-state index is 2.57. The van der Waals surface area contributed by atoms with Crippen molar-refractivity contribution in [1.29, 1.82) is 0 Å². The molecule has 1 saturated heterocycles. The fourth-order valence-electron chi connectivity index (χ4n) is 4.07. The number of para-hydroxylation sites is 2. The summed E-state index contributed by atoms with van der Waals surface area (Å²) >= 11 is 1.90. The van der Waals surface area contributed by atoms with Crippen LogP contribution in [0.25, 0.3) is 0 Å². The van der Waals surface area contributed by atoms with Gasteiger partial charge in [-0.15, -0.1) is 0 Å². The van der Waals surface area contributed by atoms with Crippen LogP contribution in [0.3, 0.4) is 0 Å². The molecule has 3 heteroatoms. The molecule has 0 N–H and O–H groups in total. The number of rotatable bonds is 2. The van der Waals surface area contributed by atoms with Gasteiger partial charge in [-0.2, -0.15) is 0 Å². The van der Waals surface area contributed by atoms with Gasteiger partial charge in [0.2, 0.25) is 0 Å². The highest BCUT2D eigenvalue weighted by Crippen LogP contribution is 2.48. The monoisotopic (exact) mass is 325 g/mol. The summed E-state index contributed by atoms with van der Waals surface area (Å²) in [4.78, 5) is 5.34. The van der Waals surface area contributed by atoms with Crippen LogP contribution in [0.1, 0.15) is 12.8 Å². The highest BCUT2D eigenvalue weighted by atomic mass is 32.2. The predicted octanol–water partition coefficient (Wildman–Crippen LogP) is 4.78. The highest BCUT2D eigenvalue weighted by molar-refractivity contribution is 7.99. The summed E-state index contributed by atoms with van der Waals surface area (Å²) in [6.07, 6.45) is 2.71. The Bertz CT molecular complexity index is 665. The minimum atomic E-state index is 0.767. The number of piperidine rings is 1. The molecule has 1 fully saturated rings. The van der Waals surface area contributed by atoms with Gasteiger partial charge in [0.25, 0.3) is 0 Å². The lowest BCUT2D eigenvalue weighted by atomic mass is 9.95. The smallest absolute Gasteiger partial charge is 0.0828 e. The van der Waals surface area contributed by atoms with Crippen molar-refractivity contribution >= 4 is 23.1 Å². The molecular weight excluding hydrogens is 300 g/mol. The first kappa shape index (κ1) is 15.1. The van der Waals surface area contributed by atoms with Crippen LogP contribution in [-0.4, -0.2) is 38.2 Å². The topological polar surface area (TPSA) is 3.24 Å². The van der Waals surface area contributed by atoms with Crippen LogP contribution >= 0.6 is 11.8 Å². The van der Waals surface area contributed by atoms with Gasteiger partial charge in [0.15, 0.2) is 0 Å². The molecule has 0 aliphatic carbocycles. The molecule has 0 bridgehead atoms. The molecule has 0 spiro atoms. The number of benzene rings is 2. The Balaban J connectivity index is 1.67. The van der Waals surface area contributed by atoms with Gasteiger partial charge >= 0.3 is 0 Å². The Morgan fingerprint density at radius 2 is 1.61 bits per heavy atom. The van der Waals surface area contributed by atoms with E-state index in [0.29, 0.717) is 0 Å². The van der Waals surface area contributed by atoms with Crippen molar-refractivity contribution in [2.45, 2.75) is 22.6 Å². The Kier molecular flexibility index (Phi) is 3.86. The molecule has 1 atom stereocenters. The zero-order chi connectivity index (χ0) is 15.9. The summed E-state index contributed by atoms with van der Waals surface area (Å²) in [5, 5.41) is 0. The van der Waals surface area contributed by atoms with Crippen LogP contribution in [0, 0.1) is 5.92 Å². The molecular formula is C20H25N2S+. The molecule has 0 unspecified atom stereocenters. The van der Waals surface area contributed by atoms with E-state index in [1.807, 2.05) is 11.8 Å². The average Bonchev–Trinajstić information content (AvgIpc) is 2.54. The van der Waals surface area contributed by atoms with Crippen molar-refractivity contribution in [2.24, 2.45) is 5.92 Å². The fourth-order valence-corrected chi connectivity index (χ4v) is 5.17. The second kappa shape index (κ2) is 5.88. The second-order valence-electron chi connectivity index (χ2n) is 7.50. The van der Waals surface area contributed by atoms with Crippen LogP contribution in [-0.2, 0) is 0 Å². The van der Waals surface area contributed by atoms with Crippen LogP contribution in [0.5, 0.6) is 0 Å². The van der Waals surface area contributed by atoms with Gasteiger partial charge in [-0.05, 0) is 37.1 Å². The molecule has 0 aromatic heterocycles. The molecule has 2 aromatic carbocycles. The zero-order valence-corrected chi connectivity index (χ0v) is 14.9. The SMILES string of the molecule is C[N+]1(C)CCC[C@H](CN2c3ccccc3Sc3ccccc32)C1. The van der Waals surface area contributed by atoms with Crippen LogP contribution in [0.15, 0.2) is 58.3 Å². The molecule has 0 amide bonds. The number of quaternary nitrogens is 1. The van der Waals surface area contributed by atoms with Crippen LogP contribution in [0.2, 0.25) is 0 Å². The van der Waals surface area contributed by atoms with E-state index in [1.54, 1.807) is 0 Å². The van der Waals surface area contributed by atoms with Gasteiger partial charge in [-0.25, -0.2) is 0 Å². The molecule has 23 heavy (non-hydrogen) atoms. The number of anilines is 2. The van der Waals surface area contributed by atoms with Gasteiger partial charge in [0.1, 0.15) is 0 Å². The summed E-state index contributed by atoms with van der Waals surface area (Å²) in [6, 6.07) is 17.7. The third-order valence-electron chi connectivity index (χ3n) is 5.10. The van der Waals surface area contributed by atoms with Crippen molar-refractivity contribution in [3.05, 3.63) is 48.5 Å². The van der Waals surface area contributed by atoms with Gasteiger partial charge < -0.3 is 9.38 Å². The Hall–Kier alpha value is -1.45. The second-order valence-corrected chi connectivity index (χ2v) is 8.58. The van der Waals surface area contributed by atoms with E-state index >= 15 is 0 Å². The maximum atomic E-state index is 2.57. The predicted molar refractivity (Wildman–Crippen MR) is 98.6 cm³/mol. The molecule has 2 aromatic rings. The van der Waals surface area contributed by atoms with E-state index in [-0.39, 0.29) is 0 Å². The Labute approximate surface area is 143 Å². The van der Waals surface area contributed by atoms with Gasteiger partial charge in [-0.1, -0.05) is 36.0 Å². The third kappa shape index (κ3) is 3.00. The quantitative estimate of drug-likeness (QED) is 0.731. The van der Waals surface area contributed by atoms with E-state index < -0.39 is 0 Å². The van der Waals surface area contributed by atoms with Crippen molar-refractivity contribution in [1.82, 2.24) is 0 Å². The van der Waals surface area contributed by atoms with Gasteiger partial charge in [0, 0.05) is 22.3 Å². The minimum Gasteiger partial charge on any atom is -0.339 e. The first-order chi connectivity index (χ1) is 11.1. The molecule has 120 valence electrons. The van der Waals surface area contributed by atoms with E-state index in [1.165, 1.54) is 47.1 Å². The van der Waals surface area contributed by atoms with Crippen molar-refractivity contribution in [3.8, 4) is 0 Å². The number of hydrogen-bond donors (Lipinski definition) is 0. The lowest BCUT2D eigenvalue weighted by molar-refractivity contribution is -0.898. The molecule has 2 aliphatic rings. The number of nitrogens with zero attached hydrogens (tertiary/aromatic N) is 2. The normalized spacial score (nSPS) is 22.3. The third-order valence-corrected chi connectivity index (χ3v) is 6.23. The van der Waals surface area contributed by atoms with Crippen LogP contribution < -0.4 is 4.90 Å². The minimum absolute atomic E-state index is 0.767. The summed E-state index contributed by atoms with van der Waals surface area (Å²) in [7, 11) is 4.75. The molecule has 4 rings (SSSR count). The average molecular weight is 326 g/mol. The fraction of sp³-hybridized carbons (Fsp3) is 0.400. The van der Waals surface area contributed by atoms with E-state index in [0.717, 1.165) is 16.9 Å². The highest BCUT2D eigenvalue weighted by Gasteiger charge is 2.31. The van der Waals surface area contributed by atoms with Crippen molar-refractivity contribution in [3.63, 3.8) is 0 Å². The standard InChI is InChI=1S/C20H25N2S/c1-22(2)13-7-8-16(15-22)14-21-17-9-3-5-11-19(17)23-20-12-6-4-10-18(20)21/h3-6,9-12,16H,7-8,13-15H2,1-2H3/q+1/t16-/m1/s1. The van der Waals surface area contributed by atoms with Gasteiger partial charge in [0.05, 0.1) is 38.6 Å². The number of likely N-dealkylation sites (tertiary alicyclic amines) is 1. The summed E-state index contributed by atoms with van der Waals surface area (Å²) in [5.74, 6) is 0.767. The first-order valence-electron chi connectivity index (χ1n) is 8.58. The zero-order valence-electron chi connectivity index (χ0n) is 14.0. The largest absolute Gasteiger partial charge is 0.339 e. The Morgan fingerprint density at radius 1 is 1.00 bits per heavy atom. The van der Waals surface area contributed by atoms with E-state index in [2.05, 4.69) is 67.5 Å². The van der Waals surface area contributed by atoms with Crippen molar-refractivity contribution < 1.29 is 4.48 Å². The molecule has 2 nitrogen and oxygen atoms in total. The number of fused-ring (bicyclic) bond motifs is 2. The van der Waals surface area contributed by atoms with Crippen LogP contribution in [0.4, 0.5) is 11.4 Å². The van der Waals surface area contributed by atoms with E-state index in [4.69, 9.17) is 0 Å². The number of hydrogen-bond acceptors (Lipinski definition) is 2. The first-order valence-corrected chi connectivity index (χ1v) is 9.39.